The molecule has 2 rings (SSSR count). The van der Waals surface area contributed by atoms with Crippen molar-refractivity contribution in [1.82, 2.24) is 15.4 Å². The summed E-state index contributed by atoms with van der Waals surface area (Å²) in [6, 6.07) is 5.84. The molecule has 0 aliphatic heterocycles. The van der Waals surface area contributed by atoms with Gasteiger partial charge in [0.15, 0.2) is 0 Å². The van der Waals surface area contributed by atoms with Gasteiger partial charge in [-0.15, -0.1) is 11.3 Å². The van der Waals surface area contributed by atoms with Gasteiger partial charge in [-0.2, -0.15) is 0 Å². The Hall–Kier alpha value is -1.30. The summed E-state index contributed by atoms with van der Waals surface area (Å²) in [5, 5.41) is 3.21. The molecule has 0 aromatic carbocycles. The summed E-state index contributed by atoms with van der Waals surface area (Å²) in [7, 11) is 0. The van der Waals surface area contributed by atoms with Gasteiger partial charge in [-0.25, -0.2) is 4.98 Å². The van der Waals surface area contributed by atoms with Gasteiger partial charge in [-0.05, 0) is 12.1 Å². The van der Waals surface area contributed by atoms with Gasteiger partial charge in [-0.3, -0.25) is 16.3 Å². The van der Waals surface area contributed by atoms with Crippen LogP contribution in [0.1, 0.15) is 43.2 Å². The molecule has 0 spiro atoms. The number of nitrogens with zero attached hydrogens (tertiary/aromatic N) is 2. The molecule has 5 heteroatoms. The van der Waals surface area contributed by atoms with Gasteiger partial charge in [0.1, 0.15) is 0 Å². The molecule has 3 N–H and O–H groups in total. The Morgan fingerprint density at radius 1 is 1.37 bits per heavy atom. The zero-order valence-electron chi connectivity index (χ0n) is 11.6. The molecule has 0 aliphatic rings. The maximum Gasteiger partial charge on any atom is 0.0948 e. The van der Waals surface area contributed by atoms with Crippen molar-refractivity contribution in [2.45, 2.75) is 38.6 Å². The first kappa shape index (κ1) is 14.1. The zero-order valence-corrected chi connectivity index (χ0v) is 12.4. The van der Waals surface area contributed by atoms with Gasteiger partial charge < -0.3 is 0 Å². The van der Waals surface area contributed by atoms with Crippen LogP contribution in [0.2, 0.25) is 0 Å². The van der Waals surface area contributed by atoms with E-state index in [4.69, 9.17) is 5.84 Å². The van der Waals surface area contributed by atoms with Crippen molar-refractivity contribution in [1.29, 1.82) is 0 Å². The van der Waals surface area contributed by atoms with E-state index in [0.717, 1.165) is 22.8 Å². The maximum absolute atomic E-state index is 5.63. The highest BCUT2D eigenvalue weighted by Gasteiger charge is 2.19. The molecular weight excluding hydrogens is 256 g/mol. The molecule has 19 heavy (non-hydrogen) atoms. The van der Waals surface area contributed by atoms with E-state index in [2.05, 4.69) is 41.5 Å². The third-order valence-electron chi connectivity index (χ3n) is 2.94. The number of nitrogens with one attached hydrogen (secondary N) is 1. The van der Waals surface area contributed by atoms with E-state index >= 15 is 0 Å². The molecular formula is C14H20N4S. The van der Waals surface area contributed by atoms with Crippen molar-refractivity contribution in [3.8, 4) is 0 Å². The fourth-order valence-corrected chi connectivity index (χ4v) is 2.82. The molecule has 0 saturated carbocycles. The number of hydrogen-bond acceptors (Lipinski definition) is 5. The highest BCUT2D eigenvalue weighted by Crippen LogP contribution is 2.26. The first-order chi connectivity index (χ1) is 9.00. The lowest BCUT2D eigenvalue weighted by atomic mass is 9.93. The number of pyridine rings is 1. The fraction of sp³-hybridized carbons (Fsp3) is 0.429. The zero-order chi connectivity index (χ0) is 13.9. The standard InChI is InChI=1S/C14H20N4S/c1-14(2,3)12-9-19-13(17-12)8-11(18-15)10-6-4-5-7-16-10/h4-7,9,11,18H,8,15H2,1-3H3. The summed E-state index contributed by atoms with van der Waals surface area (Å²) in [5.41, 5.74) is 4.98. The van der Waals surface area contributed by atoms with Crippen LogP contribution in [0.15, 0.2) is 29.8 Å². The van der Waals surface area contributed by atoms with Crippen LogP contribution >= 0.6 is 11.3 Å². The Morgan fingerprint density at radius 2 is 2.16 bits per heavy atom. The summed E-state index contributed by atoms with van der Waals surface area (Å²) >= 11 is 1.68. The monoisotopic (exact) mass is 276 g/mol. The molecule has 2 aromatic heterocycles. The molecule has 102 valence electrons. The van der Waals surface area contributed by atoms with Crippen molar-refractivity contribution in [3.63, 3.8) is 0 Å². The van der Waals surface area contributed by atoms with Crippen LogP contribution in [0.4, 0.5) is 0 Å². The second-order valence-electron chi connectivity index (χ2n) is 5.55. The van der Waals surface area contributed by atoms with Crippen LogP contribution in [0.5, 0.6) is 0 Å². The normalized spacial score (nSPS) is 13.5. The van der Waals surface area contributed by atoms with Crippen LogP contribution in [0.3, 0.4) is 0 Å². The van der Waals surface area contributed by atoms with Gasteiger partial charge in [0, 0.05) is 23.4 Å². The first-order valence-corrected chi connectivity index (χ1v) is 7.20. The van der Waals surface area contributed by atoms with E-state index in [-0.39, 0.29) is 11.5 Å². The quantitative estimate of drug-likeness (QED) is 0.665. The van der Waals surface area contributed by atoms with Crippen LogP contribution in [-0.4, -0.2) is 9.97 Å². The van der Waals surface area contributed by atoms with E-state index in [9.17, 15) is 0 Å². The molecule has 0 aliphatic carbocycles. The van der Waals surface area contributed by atoms with Crippen molar-refractivity contribution in [2.75, 3.05) is 0 Å². The highest BCUT2D eigenvalue weighted by molar-refractivity contribution is 7.09. The van der Waals surface area contributed by atoms with Crippen LogP contribution < -0.4 is 11.3 Å². The van der Waals surface area contributed by atoms with Crippen LogP contribution in [-0.2, 0) is 11.8 Å². The maximum atomic E-state index is 5.63. The second-order valence-corrected chi connectivity index (χ2v) is 6.50. The number of aromatic nitrogens is 2. The molecule has 1 atom stereocenters. The minimum Gasteiger partial charge on any atom is -0.271 e. The van der Waals surface area contributed by atoms with E-state index in [0.29, 0.717) is 0 Å². The topological polar surface area (TPSA) is 63.8 Å². The highest BCUT2D eigenvalue weighted by atomic mass is 32.1. The number of thiazole rings is 1. The Bertz CT molecular complexity index is 516. The summed E-state index contributed by atoms with van der Waals surface area (Å²) in [6.07, 6.45) is 2.54. The third kappa shape index (κ3) is 3.59. The van der Waals surface area contributed by atoms with E-state index in [1.54, 1.807) is 17.5 Å². The van der Waals surface area contributed by atoms with Crippen molar-refractivity contribution in [3.05, 3.63) is 46.2 Å². The molecule has 2 heterocycles. The van der Waals surface area contributed by atoms with Crippen LogP contribution in [0.25, 0.3) is 0 Å². The fourth-order valence-electron chi connectivity index (χ4n) is 1.75. The summed E-state index contributed by atoms with van der Waals surface area (Å²) in [6.45, 7) is 6.51. The van der Waals surface area contributed by atoms with E-state index < -0.39 is 0 Å². The Labute approximate surface area is 118 Å². The predicted octanol–water partition coefficient (Wildman–Crippen LogP) is 2.58. The molecule has 1 unspecified atom stereocenters. The Morgan fingerprint density at radius 3 is 2.68 bits per heavy atom. The molecule has 0 fully saturated rings. The number of rotatable bonds is 4. The SMILES string of the molecule is CC(C)(C)c1csc(CC(NN)c2ccccn2)n1. The minimum atomic E-state index is 0.000156. The molecule has 0 saturated heterocycles. The van der Waals surface area contributed by atoms with Crippen LogP contribution in [0, 0.1) is 0 Å². The molecule has 4 nitrogen and oxygen atoms in total. The van der Waals surface area contributed by atoms with E-state index in [1.165, 1.54) is 0 Å². The third-order valence-corrected chi connectivity index (χ3v) is 3.82. The minimum absolute atomic E-state index is 0.000156. The van der Waals surface area contributed by atoms with Crippen molar-refractivity contribution in [2.24, 2.45) is 5.84 Å². The Kier molecular flexibility index (Phi) is 4.29. The molecule has 0 bridgehead atoms. The summed E-state index contributed by atoms with van der Waals surface area (Å²) in [5.74, 6) is 5.63. The largest absolute Gasteiger partial charge is 0.271 e. The average molecular weight is 276 g/mol. The van der Waals surface area contributed by atoms with Gasteiger partial charge in [0.05, 0.1) is 22.4 Å². The second kappa shape index (κ2) is 5.77. The van der Waals surface area contributed by atoms with Gasteiger partial charge in [0.2, 0.25) is 0 Å². The first-order valence-electron chi connectivity index (χ1n) is 6.32. The van der Waals surface area contributed by atoms with Gasteiger partial charge >= 0.3 is 0 Å². The van der Waals surface area contributed by atoms with E-state index in [1.807, 2.05) is 18.2 Å². The lowest BCUT2D eigenvalue weighted by Crippen LogP contribution is -2.30. The van der Waals surface area contributed by atoms with Crippen molar-refractivity contribution >= 4 is 11.3 Å². The average Bonchev–Trinajstić information content (AvgIpc) is 2.85. The summed E-state index contributed by atoms with van der Waals surface area (Å²) < 4.78 is 0. The smallest absolute Gasteiger partial charge is 0.0948 e. The van der Waals surface area contributed by atoms with Gasteiger partial charge in [0.25, 0.3) is 0 Å². The Balaban J connectivity index is 2.13. The predicted molar refractivity (Wildman–Crippen MR) is 78.8 cm³/mol. The molecule has 0 amide bonds. The number of nitrogens with two attached hydrogens (primary N) is 1. The number of hydrazine groups is 1. The lowest BCUT2D eigenvalue weighted by Gasteiger charge is -2.15. The summed E-state index contributed by atoms with van der Waals surface area (Å²) in [4.78, 5) is 9.03. The molecule has 0 radical (unpaired) electrons. The van der Waals surface area contributed by atoms with Crippen molar-refractivity contribution < 1.29 is 0 Å². The van der Waals surface area contributed by atoms with Gasteiger partial charge in [-0.1, -0.05) is 26.8 Å². The number of hydrogen-bond donors (Lipinski definition) is 2. The lowest BCUT2D eigenvalue weighted by molar-refractivity contribution is 0.530. The molecule has 2 aromatic rings.